The van der Waals surface area contributed by atoms with Crippen LogP contribution in [0.2, 0.25) is 0 Å². The maximum Gasteiger partial charge on any atom is 0.274 e. The van der Waals surface area contributed by atoms with Gasteiger partial charge in [-0.25, -0.2) is 13.6 Å². The fourth-order valence-electron chi connectivity index (χ4n) is 7.60. The Morgan fingerprint density at radius 3 is 2.73 bits per heavy atom. The van der Waals surface area contributed by atoms with Crippen LogP contribution >= 0.6 is 0 Å². The predicted octanol–water partition coefficient (Wildman–Crippen LogP) is -2.03. The van der Waals surface area contributed by atoms with Crippen LogP contribution in [0.25, 0.3) is 0 Å². The molecule has 4 bridgehead atoms. The lowest BCUT2D eigenvalue weighted by atomic mass is 9.79. The quantitative estimate of drug-likeness (QED) is 0.0923. The Kier molecular flexibility index (Phi) is 7.93. The third-order valence-corrected chi connectivity index (χ3v) is 10.4. The predicted molar refractivity (Wildman–Crippen MR) is 156 cm³/mol. The number of carbonyl (C=O) groups is 4. The molecule has 1 saturated heterocycles. The van der Waals surface area contributed by atoms with Crippen LogP contribution in [0.15, 0.2) is 45.0 Å². The molecule has 0 aromatic carbocycles. The number of Topliss-reactive ketones (excluding diaryl/α,β-unsaturated/α-hetero) is 1. The number of amides is 3. The highest BCUT2D eigenvalue weighted by Crippen LogP contribution is 2.67. The minimum absolute atomic E-state index is 0.0668. The number of primary sulfonamides is 1. The summed E-state index contributed by atoms with van der Waals surface area (Å²) in [6, 6.07) is 2.94. The van der Waals surface area contributed by atoms with E-state index < -0.39 is 50.5 Å². The number of nitrogens with one attached hydrogen (secondary N) is 5. The molecule has 2 aromatic rings. The topological polar surface area (TPSA) is 254 Å². The highest BCUT2D eigenvalue weighted by atomic mass is 32.2. The first-order valence-electron chi connectivity index (χ1n) is 14.7. The number of aromatic nitrogens is 1. The molecule has 5 fully saturated rings. The van der Waals surface area contributed by atoms with Crippen molar-refractivity contribution in [1.29, 1.82) is 0 Å². The van der Waals surface area contributed by atoms with Crippen molar-refractivity contribution >= 4 is 39.2 Å². The van der Waals surface area contributed by atoms with Crippen molar-refractivity contribution in [3.05, 3.63) is 46.6 Å². The second kappa shape index (κ2) is 11.5. The summed E-state index contributed by atoms with van der Waals surface area (Å²) in [7, 11) is -2.88. The average Bonchev–Trinajstić information content (AvgIpc) is 3.34. The van der Waals surface area contributed by atoms with Gasteiger partial charge in [0.25, 0.3) is 21.5 Å². The lowest BCUT2D eigenvalue weighted by Gasteiger charge is -2.33. The number of ketones is 1. The molecule has 0 radical (unpaired) electrons. The first-order chi connectivity index (χ1) is 21.3. The Bertz CT molecular complexity index is 1720. The smallest absolute Gasteiger partial charge is 0.274 e. The number of carbonyl (C=O) groups excluding carboxylic acids is 4. The van der Waals surface area contributed by atoms with Gasteiger partial charge in [-0.3, -0.25) is 29.3 Å². The second-order valence-electron chi connectivity index (χ2n) is 12.3. The van der Waals surface area contributed by atoms with Crippen molar-refractivity contribution in [2.24, 2.45) is 22.9 Å². The Hall–Kier alpha value is -3.90. The van der Waals surface area contributed by atoms with Gasteiger partial charge in [0, 0.05) is 36.3 Å². The Morgan fingerprint density at radius 2 is 2.02 bits per heavy atom. The zero-order valence-electron chi connectivity index (χ0n) is 24.3. The molecule has 45 heavy (non-hydrogen) atoms. The highest BCUT2D eigenvalue weighted by molar-refractivity contribution is 7.89. The van der Waals surface area contributed by atoms with E-state index in [2.05, 4.69) is 26.6 Å². The van der Waals surface area contributed by atoms with E-state index in [0.717, 1.165) is 31.6 Å². The average molecular weight is 646 g/mol. The first kappa shape index (κ1) is 31.1. The van der Waals surface area contributed by atoms with E-state index in [0.29, 0.717) is 23.8 Å². The van der Waals surface area contributed by atoms with Gasteiger partial charge in [0.05, 0.1) is 5.56 Å². The number of likely N-dealkylation sites (N-methyl/N-ethyl adjacent to an activating group) is 1. The lowest BCUT2D eigenvalue weighted by molar-refractivity contribution is -0.128. The Labute approximate surface area is 257 Å². The van der Waals surface area contributed by atoms with Gasteiger partial charge in [-0.15, -0.1) is 0 Å². The molecule has 3 amide bonds. The number of rotatable bonds is 13. The van der Waals surface area contributed by atoms with Crippen LogP contribution in [-0.4, -0.2) is 78.5 Å². The lowest BCUT2D eigenvalue weighted by Crippen LogP contribution is -2.47. The van der Waals surface area contributed by atoms with Gasteiger partial charge >= 0.3 is 0 Å². The van der Waals surface area contributed by atoms with Crippen LogP contribution < -0.4 is 37.3 Å². The van der Waals surface area contributed by atoms with E-state index in [1.54, 1.807) is 0 Å². The van der Waals surface area contributed by atoms with Crippen molar-refractivity contribution in [2.75, 3.05) is 12.4 Å². The Balaban J connectivity index is 1.12. The summed E-state index contributed by atoms with van der Waals surface area (Å²) in [4.78, 5) is 64.6. The third-order valence-electron chi connectivity index (χ3n) is 9.65. The number of nitrogens with zero attached hydrogens (tertiary/aromatic N) is 1. The number of piperidine rings is 1. The largest absolute Gasteiger partial charge is 0.451 e. The van der Waals surface area contributed by atoms with E-state index in [1.807, 2.05) is 0 Å². The van der Waals surface area contributed by atoms with Gasteiger partial charge < -0.3 is 35.4 Å². The second-order valence-corrected chi connectivity index (χ2v) is 13.8. The molecule has 8 atom stereocenters. The molecule has 5 aliphatic rings. The summed E-state index contributed by atoms with van der Waals surface area (Å²) in [6.45, 7) is -0.255. The number of hydrogen-bond donors (Lipinski definition) is 7. The van der Waals surface area contributed by atoms with E-state index in [9.17, 15) is 37.5 Å². The zero-order valence-corrected chi connectivity index (χ0v) is 25.1. The SMILES string of the molecule is CNC(O)C(=O)CCC(NC(=O)c1coc(S(N)(=O)=O)c1)C(=O)Nc1cccn(CC(=O)NC2C3CC4CC2C2(C3)NC42)c1=O. The third kappa shape index (κ3) is 5.81. The van der Waals surface area contributed by atoms with Crippen molar-refractivity contribution in [1.82, 2.24) is 25.8 Å². The molecule has 1 aliphatic heterocycles. The van der Waals surface area contributed by atoms with E-state index in [1.165, 1.54) is 29.9 Å². The van der Waals surface area contributed by atoms with Crippen LogP contribution in [0.3, 0.4) is 0 Å². The fraction of sp³-hybridized carbons (Fsp3) is 0.536. The van der Waals surface area contributed by atoms with Crippen molar-refractivity contribution in [3.8, 4) is 0 Å². The van der Waals surface area contributed by atoms with Gasteiger partial charge in [-0.1, -0.05) is 0 Å². The number of hydrogen-bond acceptors (Lipinski definition) is 11. The van der Waals surface area contributed by atoms with Crippen LogP contribution in [-0.2, 0) is 31.0 Å². The summed E-state index contributed by atoms with van der Waals surface area (Å²) >= 11 is 0. The molecule has 3 heterocycles. The molecule has 1 spiro atoms. The molecule has 4 aliphatic carbocycles. The summed E-state index contributed by atoms with van der Waals surface area (Å²) in [5.41, 5.74) is -0.908. The molecule has 17 heteroatoms. The number of anilines is 1. The summed E-state index contributed by atoms with van der Waals surface area (Å²) in [5, 5.41) is 28.1. The molecule has 7 rings (SSSR count). The minimum Gasteiger partial charge on any atom is -0.451 e. The van der Waals surface area contributed by atoms with Gasteiger partial charge in [0.1, 0.15) is 24.5 Å². The van der Waals surface area contributed by atoms with Crippen molar-refractivity contribution in [2.45, 2.75) is 73.6 Å². The molecular weight excluding hydrogens is 610 g/mol. The van der Waals surface area contributed by atoms with E-state index >= 15 is 0 Å². The number of aliphatic hydroxyl groups excluding tert-OH is 1. The van der Waals surface area contributed by atoms with Crippen LogP contribution in [0.5, 0.6) is 0 Å². The summed E-state index contributed by atoms with van der Waals surface area (Å²) in [5.74, 6) is -1.24. The number of pyridine rings is 1. The maximum atomic E-state index is 13.3. The van der Waals surface area contributed by atoms with Crippen molar-refractivity contribution in [3.63, 3.8) is 0 Å². The van der Waals surface area contributed by atoms with Gasteiger partial charge in [0.15, 0.2) is 12.0 Å². The first-order valence-corrected chi connectivity index (χ1v) is 16.2. The fourth-order valence-corrected chi connectivity index (χ4v) is 8.08. The van der Waals surface area contributed by atoms with Gasteiger partial charge in [-0.05, 0) is 62.6 Å². The minimum atomic E-state index is -4.24. The van der Waals surface area contributed by atoms with E-state index in [4.69, 9.17) is 9.56 Å². The highest BCUT2D eigenvalue weighted by Gasteiger charge is 2.76. The molecule has 16 nitrogen and oxygen atoms in total. The van der Waals surface area contributed by atoms with Crippen LogP contribution in [0.4, 0.5) is 5.69 Å². The molecule has 8 unspecified atom stereocenters. The summed E-state index contributed by atoms with van der Waals surface area (Å²) in [6.07, 6.45) is 3.41. The monoisotopic (exact) mass is 645 g/mol. The zero-order chi connectivity index (χ0) is 32.3. The van der Waals surface area contributed by atoms with Gasteiger partial charge in [-0.2, -0.15) is 0 Å². The standard InChI is InChI=1S/C28H35N7O9S/c1-30-26(40)19(36)5-4-17(31-24(38)15-9-21(44-12-15)45(29,42)43)25(39)32-18-3-2-6-35(27(18)41)11-20(37)33-22-14-7-13-8-16(22)28(10-14)23(13)34-28/h2-3,6,9,12-14,16-17,22-23,26,30,34,40H,4-5,7-8,10-11H2,1H3,(H,31,38)(H,32,39)(H,33,37)(H2,29,42,43). The van der Waals surface area contributed by atoms with Crippen molar-refractivity contribution < 1.29 is 37.1 Å². The number of aliphatic hydroxyl groups is 1. The number of nitrogens with two attached hydrogens (primary N) is 1. The molecular formula is C28H35N7O9S. The summed E-state index contributed by atoms with van der Waals surface area (Å²) < 4.78 is 29.0. The number of furan rings is 1. The molecule has 4 saturated carbocycles. The molecule has 2 aromatic heterocycles. The van der Waals surface area contributed by atoms with E-state index in [-0.39, 0.29) is 48.1 Å². The Morgan fingerprint density at radius 1 is 1.24 bits per heavy atom. The molecule has 8 N–H and O–H groups in total. The van der Waals surface area contributed by atoms with Crippen LogP contribution in [0, 0.1) is 17.8 Å². The van der Waals surface area contributed by atoms with Crippen LogP contribution in [0.1, 0.15) is 42.5 Å². The molecule has 242 valence electrons. The van der Waals surface area contributed by atoms with Gasteiger partial charge in [0.2, 0.25) is 16.9 Å². The number of sulfonamides is 1. The maximum absolute atomic E-state index is 13.3. The normalized spacial score (nSPS) is 28.6.